The maximum Gasteiger partial charge on any atom is 0.341 e. The van der Waals surface area contributed by atoms with Gasteiger partial charge in [-0.25, -0.2) is 14.6 Å². The summed E-state index contributed by atoms with van der Waals surface area (Å²) in [4.78, 5) is 26.7. The van der Waals surface area contributed by atoms with E-state index in [1.54, 1.807) is 25.1 Å². The van der Waals surface area contributed by atoms with Crippen molar-refractivity contribution >= 4 is 5.97 Å². The number of fused-ring (bicyclic) bond motifs is 1. The first-order valence-electron chi connectivity index (χ1n) is 15.7. The average Bonchev–Trinajstić information content (AvgIpc) is 3.71. The number of hydrogen-bond acceptors (Lipinski definition) is 7. The number of para-hydroxylation sites is 1. The van der Waals surface area contributed by atoms with Crippen molar-refractivity contribution in [3.8, 4) is 28.3 Å². The molecule has 1 aliphatic rings. The number of nitrogens with zero attached hydrogens (tertiary/aromatic N) is 5. The Morgan fingerprint density at radius 3 is 2.49 bits per heavy atom. The lowest BCUT2D eigenvalue weighted by molar-refractivity contribution is 0.0501. The van der Waals surface area contributed by atoms with E-state index in [9.17, 15) is 9.59 Å². The van der Waals surface area contributed by atoms with Gasteiger partial charge in [0, 0.05) is 29.8 Å². The molecule has 0 radical (unpaired) electrons. The molecule has 0 fully saturated rings. The molecular weight excluding hydrogens is 568 g/mol. The highest BCUT2D eigenvalue weighted by Gasteiger charge is 2.34. The zero-order valence-electron chi connectivity index (χ0n) is 25.8. The van der Waals surface area contributed by atoms with Crippen LogP contribution in [-0.4, -0.2) is 48.7 Å². The van der Waals surface area contributed by atoms with E-state index in [0.717, 1.165) is 53.5 Å². The number of aromatic nitrogens is 6. The van der Waals surface area contributed by atoms with E-state index in [2.05, 4.69) is 63.4 Å². The average molecular weight is 607 g/mol. The lowest BCUT2D eigenvalue weighted by Crippen LogP contribution is -2.42. The third kappa shape index (κ3) is 6.18. The fraction of sp³-hybridized carbons (Fsp3) is 0.343. The molecule has 0 saturated carbocycles. The monoisotopic (exact) mass is 606 g/mol. The largest absolute Gasteiger partial charge is 0.487 e. The molecule has 3 heterocycles. The fourth-order valence-corrected chi connectivity index (χ4v) is 6.28. The summed E-state index contributed by atoms with van der Waals surface area (Å²) in [6.07, 6.45) is 5.61. The van der Waals surface area contributed by atoms with Gasteiger partial charge in [-0.2, -0.15) is 0 Å². The van der Waals surface area contributed by atoms with E-state index in [-0.39, 0.29) is 30.4 Å². The Bertz CT molecular complexity index is 1810. The predicted octanol–water partition coefficient (Wildman–Crippen LogP) is 6.41. The standard InChI is InChI=1S/C35H38N6O4/c1-4-10-32(45-31-14-9-8-13-29(31)35(43)44-5-2)30-20-15-23(3)40-22-26(34(42)41(30)40)21-24-16-18-25(19-17-24)27-11-6-7-12-28(27)33-36-38-39-37-33/h6-9,11-14,16-19,22-23,30,32H,4-5,10,15,20-21H2,1-3H3,(H,36,37,38,39). The number of nitrogens with one attached hydrogen (secondary N) is 1. The molecule has 0 aliphatic carbocycles. The number of rotatable bonds is 11. The highest BCUT2D eigenvalue weighted by molar-refractivity contribution is 5.92. The molecule has 232 valence electrons. The number of aromatic amines is 1. The first kappa shape index (κ1) is 30.1. The number of benzene rings is 3. The third-order valence-electron chi connectivity index (χ3n) is 8.52. The van der Waals surface area contributed by atoms with Crippen molar-refractivity contribution in [2.75, 3.05) is 6.61 Å². The van der Waals surface area contributed by atoms with Crippen LogP contribution in [0.5, 0.6) is 5.75 Å². The van der Waals surface area contributed by atoms with Gasteiger partial charge < -0.3 is 9.47 Å². The SMILES string of the molecule is CCCC(Oc1ccccc1C(=O)OCC)C1CCC(C)n2cc(Cc3ccc(-c4ccccc4-c4nnn[nH]4)cc3)c(=O)n21. The molecular formula is C35H38N6O4. The number of esters is 1. The molecule has 0 saturated heterocycles. The lowest BCUT2D eigenvalue weighted by atomic mass is 9.97. The summed E-state index contributed by atoms with van der Waals surface area (Å²) in [5.41, 5.74) is 5.17. The minimum atomic E-state index is -0.409. The molecule has 3 aromatic carbocycles. The normalized spacial score (nSPS) is 16.6. The summed E-state index contributed by atoms with van der Waals surface area (Å²) in [5, 5.41) is 14.4. The Hall–Kier alpha value is -4.99. The van der Waals surface area contributed by atoms with Crippen LogP contribution in [0.1, 0.15) is 80.0 Å². The minimum absolute atomic E-state index is 0.00201. The zero-order chi connectivity index (χ0) is 31.3. The van der Waals surface area contributed by atoms with E-state index in [1.807, 2.05) is 41.2 Å². The first-order chi connectivity index (χ1) is 22.0. The van der Waals surface area contributed by atoms with Crippen LogP contribution in [0.4, 0.5) is 0 Å². The van der Waals surface area contributed by atoms with Crippen LogP contribution in [0.25, 0.3) is 22.5 Å². The Morgan fingerprint density at radius 2 is 1.76 bits per heavy atom. The molecule has 3 atom stereocenters. The van der Waals surface area contributed by atoms with Crippen LogP contribution in [0.3, 0.4) is 0 Å². The van der Waals surface area contributed by atoms with Gasteiger partial charge in [-0.1, -0.05) is 74.0 Å². The summed E-state index contributed by atoms with van der Waals surface area (Å²) in [6.45, 7) is 6.33. The van der Waals surface area contributed by atoms with Crippen LogP contribution in [0.2, 0.25) is 0 Å². The van der Waals surface area contributed by atoms with Crippen LogP contribution < -0.4 is 10.3 Å². The predicted molar refractivity (Wildman–Crippen MR) is 171 cm³/mol. The van der Waals surface area contributed by atoms with E-state index < -0.39 is 5.97 Å². The zero-order valence-corrected chi connectivity index (χ0v) is 25.8. The van der Waals surface area contributed by atoms with Crippen molar-refractivity contribution < 1.29 is 14.3 Å². The summed E-state index contributed by atoms with van der Waals surface area (Å²) in [5.74, 6) is 0.689. The molecule has 5 aromatic rings. The topological polar surface area (TPSA) is 117 Å². The highest BCUT2D eigenvalue weighted by Crippen LogP contribution is 2.35. The molecule has 0 spiro atoms. The number of H-pyrrole nitrogens is 1. The number of carbonyl (C=O) groups excluding carboxylic acids is 1. The molecule has 0 amide bonds. The smallest absolute Gasteiger partial charge is 0.341 e. The second-order valence-electron chi connectivity index (χ2n) is 11.5. The molecule has 0 bridgehead atoms. The van der Waals surface area contributed by atoms with Gasteiger partial charge in [-0.05, 0) is 72.4 Å². The molecule has 45 heavy (non-hydrogen) atoms. The Balaban J connectivity index is 1.27. The van der Waals surface area contributed by atoms with E-state index >= 15 is 0 Å². The van der Waals surface area contributed by atoms with Crippen molar-refractivity contribution in [3.63, 3.8) is 0 Å². The lowest BCUT2D eigenvalue weighted by Gasteiger charge is -2.36. The molecule has 10 nitrogen and oxygen atoms in total. The van der Waals surface area contributed by atoms with Crippen molar-refractivity contribution in [1.29, 1.82) is 0 Å². The first-order valence-corrected chi connectivity index (χ1v) is 15.7. The van der Waals surface area contributed by atoms with Crippen molar-refractivity contribution in [1.82, 2.24) is 30.0 Å². The molecule has 1 aliphatic heterocycles. The van der Waals surface area contributed by atoms with Gasteiger partial charge in [0.25, 0.3) is 5.56 Å². The number of carbonyl (C=O) groups is 1. The van der Waals surface area contributed by atoms with Crippen LogP contribution in [0, 0.1) is 0 Å². The molecule has 3 unspecified atom stereocenters. The maximum atomic E-state index is 14.1. The van der Waals surface area contributed by atoms with Crippen molar-refractivity contribution in [3.05, 3.63) is 106 Å². The third-order valence-corrected chi connectivity index (χ3v) is 8.52. The van der Waals surface area contributed by atoms with Crippen LogP contribution in [0.15, 0.2) is 83.8 Å². The second kappa shape index (κ2) is 13.3. The molecule has 2 aromatic heterocycles. The number of tetrazole rings is 1. The maximum absolute atomic E-state index is 14.1. The quantitative estimate of drug-likeness (QED) is 0.173. The number of ether oxygens (including phenoxy) is 2. The van der Waals surface area contributed by atoms with Crippen LogP contribution in [-0.2, 0) is 11.2 Å². The van der Waals surface area contributed by atoms with Gasteiger partial charge in [0.2, 0.25) is 0 Å². The van der Waals surface area contributed by atoms with Gasteiger partial charge in [0.15, 0.2) is 5.82 Å². The number of hydrogen-bond donors (Lipinski definition) is 1. The second-order valence-corrected chi connectivity index (χ2v) is 11.5. The van der Waals surface area contributed by atoms with Gasteiger partial charge >= 0.3 is 5.97 Å². The fourth-order valence-electron chi connectivity index (χ4n) is 6.28. The van der Waals surface area contributed by atoms with E-state index in [0.29, 0.717) is 23.6 Å². The van der Waals surface area contributed by atoms with Crippen molar-refractivity contribution in [2.24, 2.45) is 0 Å². The Labute approximate surface area is 262 Å². The van der Waals surface area contributed by atoms with Gasteiger partial charge in [-0.3, -0.25) is 9.48 Å². The van der Waals surface area contributed by atoms with Gasteiger partial charge in [0.05, 0.1) is 12.6 Å². The van der Waals surface area contributed by atoms with E-state index in [1.165, 1.54) is 0 Å². The summed E-state index contributed by atoms with van der Waals surface area (Å²) < 4.78 is 15.8. The highest BCUT2D eigenvalue weighted by atomic mass is 16.5. The molecule has 1 N–H and O–H groups in total. The molecule has 10 heteroatoms. The summed E-state index contributed by atoms with van der Waals surface area (Å²) >= 11 is 0. The van der Waals surface area contributed by atoms with Gasteiger partial charge in [0.1, 0.15) is 17.4 Å². The Kier molecular flexibility index (Phi) is 8.91. The minimum Gasteiger partial charge on any atom is -0.487 e. The van der Waals surface area contributed by atoms with Gasteiger partial charge in [-0.15, -0.1) is 5.10 Å². The Morgan fingerprint density at radius 1 is 1.00 bits per heavy atom. The van der Waals surface area contributed by atoms with Crippen molar-refractivity contribution in [2.45, 2.75) is 71.1 Å². The van der Waals surface area contributed by atoms with E-state index in [4.69, 9.17) is 9.47 Å². The summed E-state index contributed by atoms with van der Waals surface area (Å²) in [6, 6.07) is 23.5. The van der Waals surface area contributed by atoms with Crippen LogP contribution >= 0.6 is 0 Å². The molecule has 6 rings (SSSR count). The summed E-state index contributed by atoms with van der Waals surface area (Å²) in [7, 11) is 0.